The number of carbonyl (C=O) groups is 1. The number of nitrogens with one attached hydrogen (secondary N) is 1. The summed E-state index contributed by atoms with van der Waals surface area (Å²) in [6.45, 7) is 0. The first-order valence-electron chi connectivity index (χ1n) is 11.2. The van der Waals surface area contributed by atoms with Crippen LogP contribution in [0.2, 0.25) is 0 Å². The quantitative estimate of drug-likeness (QED) is 0.187. The minimum Gasteiger partial charge on any atom is -0.450 e. The zero-order chi connectivity index (χ0) is 27.1. The van der Waals surface area contributed by atoms with E-state index in [9.17, 15) is 30.1 Å². The number of nitrogens with zero attached hydrogens (tertiary/aromatic N) is 3. The van der Waals surface area contributed by atoms with E-state index in [-0.39, 0.29) is 11.5 Å². The molecule has 0 spiro atoms. The van der Waals surface area contributed by atoms with Crippen LogP contribution in [0.4, 0.5) is 11.4 Å². The fourth-order valence-electron chi connectivity index (χ4n) is 3.63. The highest BCUT2D eigenvalue weighted by molar-refractivity contribution is 5.91. The molecule has 11 nitrogen and oxygen atoms in total. The second-order valence-electron chi connectivity index (χ2n) is 7.98. The molecule has 0 saturated carbocycles. The number of nitro benzene ring substituents is 2. The normalized spacial score (nSPS) is 11.2. The molecule has 0 aliphatic heterocycles. The zero-order valence-corrected chi connectivity index (χ0v) is 19.6. The van der Waals surface area contributed by atoms with Crippen molar-refractivity contribution in [3.8, 4) is 11.5 Å². The van der Waals surface area contributed by atoms with Gasteiger partial charge in [0.1, 0.15) is 5.75 Å². The first kappa shape index (κ1) is 25.7. The molecule has 2 N–H and O–H groups in total. The molecule has 1 amide bonds. The first-order chi connectivity index (χ1) is 18.3. The van der Waals surface area contributed by atoms with Crippen molar-refractivity contribution in [3.63, 3.8) is 0 Å². The Hall–Kier alpha value is -5.42. The number of hydrazone groups is 1. The summed E-state index contributed by atoms with van der Waals surface area (Å²) < 4.78 is 5.53. The molecule has 38 heavy (non-hydrogen) atoms. The van der Waals surface area contributed by atoms with Crippen LogP contribution in [-0.4, -0.2) is 27.1 Å². The van der Waals surface area contributed by atoms with Gasteiger partial charge < -0.3 is 9.84 Å². The number of hydrogen-bond donors (Lipinski definition) is 2. The van der Waals surface area contributed by atoms with Gasteiger partial charge in [-0.05, 0) is 47.0 Å². The fourth-order valence-corrected chi connectivity index (χ4v) is 3.63. The van der Waals surface area contributed by atoms with E-state index in [4.69, 9.17) is 4.74 Å². The van der Waals surface area contributed by atoms with E-state index in [0.717, 1.165) is 18.2 Å². The maximum absolute atomic E-state index is 13.1. The summed E-state index contributed by atoms with van der Waals surface area (Å²) in [4.78, 5) is 33.8. The maximum atomic E-state index is 13.1. The van der Waals surface area contributed by atoms with Gasteiger partial charge in [0.25, 0.3) is 11.6 Å². The highest BCUT2D eigenvalue weighted by Gasteiger charge is 2.39. The molecule has 0 aliphatic carbocycles. The van der Waals surface area contributed by atoms with Crippen LogP contribution in [0.15, 0.2) is 108 Å². The van der Waals surface area contributed by atoms with Crippen molar-refractivity contribution >= 4 is 23.5 Å². The van der Waals surface area contributed by atoms with E-state index < -0.39 is 32.7 Å². The molecule has 0 fully saturated rings. The van der Waals surface area contributed by atoms with Gasteiger partial charge in [0, 0.05) is 6.07 Å². The predicted molar refractivity (Wildman–Crippen MR) is 138 cm³/mol. The molecular formula is C27H20N4O7. The number of aliphatic hydroxyl groups is 1. The Kier molecular flexibility index (Phi) is 7.50. The number of rotatable bonds is 9. The maximum Gasteiger partial charge on any atom is 0.318 e. The summed E-state index contributed by atoms with van der Waals surface area (Å²) in [5, 5.41) is 37.6. The number of benzene rings is 4. The topological polar surface area (TPSA) is 157 Å². The average molecular weight is 512 g/mol. The largest absolute Gasteiger partial charge is 0.450 e. The second kappa shape index (κ2) is 11.1. The molecule has 4 aromatic rings. The van der Waals surface area contributed by atoms with Crippen molar-refractivity contribution in [2.75, 3.05) is 0 Å². The van der Waals surface area contributed by atoms with Gasteiger partial charge in [0.05, 0.1) is 22.1 Å². The third-order valence-electron chi connectivity index (χ3n) is 5.55. The SMILES string of the molecule is O=C(NN=Cc1ccc(Oc2ccc([N+](=O)[O-])cc2[N+](=O)[O-])cc1)C(O)(c1ccccc1)c1ccccc1. The van der Waals surface area contributed by atoms with Gasteiger partial charge in [-0.15, -0.1) is 0 Å². The smallest absolute Gasteiger partial charge is 0.318 e. The Morgan fingerprint density at radius 2 is 1.42 bits per heavy atom. The Morgan fingerprint density at radius 3 is 1.95 bits per heavy atom. The molecule has 4 aromatic carbocycles. The van der Waals surface area contributed by atoms with E-state index in [2.05, 4.69) is 10.5 Å². The Balaban J connectivity index is 1.48. The van der Waals surface area contributed by atoms with Gasteiger partial charge in [-0.2, -0.15) is 5.10 Å². The Bertz CT molecular complexity index is 1450. The van der Waals surface area contributed by atoms with Crippen LogP contribution < -0.4 is 10.2 Å². The van der Waals surface area contributed by atoms with E-state index in [1.807, 2.05) is 0 Å². The van der Waals surface area contributed by atoms with Gasteiger partial charge in [0.15, 0.2) is 5.60 Å². The van der Waals surface area contributed by atoms with Crippen molar-refractivity contribution < 1.29 is 24.5 Å². The summed E-state index contributed by atoms with van der Waals surface area (Å²) in [6, 6.07) is 26.3. The molecule has 0 heterocycles. The molecular weight excluding hydrogens is 492 g/mol. The number of ether oxygens (including phenoxy) is 1. The van der Waals surface area contributed by atoms with Crippen molar-refractivity contribution in [1.82, 2.24) is 5.43 Å². The molecule has 0 aliphatic rings. The van der Waals surface area contributed by atoms with Gasteiger partial charge in [0.2, 0.25) is 5.75 Å². The van der Waals surface area contributed by atoms with Gasteiger partial charge in [-0.25, -0.2) is 5.43 Å². The van der Waals surface area contributed by atoms with Crippen molar-refractivity contribution in [3.05, 3.63) is 140 Å². The number of hydrogen-bond acceptors (Lipinski definition) is 8. The lowest BCUT2D eigenvalue weighted by Crippen LogP contribution is -2.43. The minimum atomic E-state index is -1.98. The van der Waals surface area contributed by atoms with Crippen LogP contribution in [0.5, 0.6) is 11.5 Å². The first-order valence-corrected chi connectivity index (χ1v) is 11.2. The van der Waals surface area contributed by atoms with Crippen LogP contribution in [0.25, 0.3) is 0 Å². The summed E-state index contributed by atoms with van der Waals surface area (Å²) in [5.74, 6) is -0.669. The number of non-ortho nitro benzene ring substituents is 1. The van der Waals surface area contributed by atoms with Crippen LogP contribution in [0, 0.1) is 20.2 Å². The summed E-state index contributed by atoms with van der Waals surface area (Å²) >= 11 is 0. The number of nitro groups is 2. The molecule has 11 heteroatoms. The molecule has 0 saturated heterocycles. The molecule has 4 rings (SSSR count). The summed E-state index contributed by atoms with van der Waals surface area (Å²) in [5.41, 5.74) is 0.736. The molecule has 190 valence electrons. The van der Waals surface area contributed by atoms with Crippen molar-refractivity contribution in [1.29, 1.82) is 0 Å². The second-order valence-corrected chi connectivity index (χ2v) is 7.98. The van der Waals surface area contributed by atoms with Crippen LogP contribution in [-0.2, 0) is 10.4 Å². The van der Waals surface area contributed by atoms with Crippen LogP contribution in [0.1, 0.15) is 16.7 Å². The van der Waals surface area contributed by atoms with E-state index in [0.29, 0.717) is 16.7 Å². The lowest BCUT2D eigenvalue weighted by atomic mass is 9.85. The minimum absolute atomic E-state index is 0.157. The summed E-state index contributed by atoms with van der Waals surface area (Å²) in [7, 11) is 0. The van der Waals surface area contributed by atoms with E-state index in [1.54, 1.807) is 72.8 Å². The van der Waals surface area contributed by atoms with E-state index in [1.165, 1.54) is 18.3 Å². The highest BCUT2D eigenvalue weighted by Crippen LogP contribution is 2.34. The third-order valence-corrected chi connectivity index (χ3v) is 5.55. The predicted octanol–water partition coefficient (Wildman–Crippen LogP) is 4.68. The number of amides is 1. The zero-order valence-electron chi connectivity index (χ0n) is 19.6. The molecule has 0 radical (unpaired) electrons. The monoisotopic (exact) mass is 512 g/mol. The average Bonchev–Trinajstić information content (AvgIpc) is 2.94. The lowest BCUT2D eigenvalue weighted by molar-refractivity contribution is -0.394. The fraction of sp³-hybridized carbons (Fsp3) is 0.0370. The van der Waals surface area contributed by atoms with Crippen molar-refractivity contribution in [2.24, 2.45) is 5.10 Å². The number of carbonyl (C=O) groups excluding carboxylic acids is 1. The van der Waals surface area contributed by atoms with Crippen molar-refractivity contribution in [2.45, 2.75) is 5.60 Å². The lowest BCUT2D eigenvalue weighted by Gasteiger charge is -2.27. The van der Waals surface area contributed by atoms with Gasteiger partial charge >= 0.3 is 5.69 Å². The summed E-state index contributed by atoms with van der Waals surface area (Å²) in [6.07, 6.45) is 1.35. The third kappa shape index (κ3) is 5.53. The van der Waals surface area contributed by atoms with Gasteiger partial charge in [-0.3, -0.25) is 25.0 Å². The van der Waals surface area contributed by atoms with Crippen LogP contribution in [0.3, 0.4) is 0 Å². The molecule has 0 atom stereocenters. The van der Waals surface area contributed by atoms with Gasteiger partial charge in [-0.1, -0.05) is 60.7 Å². The molecule has 0 aromatic heterocycles. The Labute approximate surface area is 215 Å². The molecule has 0 bridgehead atoms. The standard InChI is InChI=1S/C27H20N4O7/c32-26(27(33,20-7-3-1-4-8-20)21-9-5-2-6-10-21)29-28-18-19-11-14-23(15-12-19)38-25-16-13-22(30(34)35)17-24(25)31(36)37/h1-18,33H,(H,29,32). The Morgan fingerprint density at radius 1 is 0.842 bits per heavy atom. The molecule has 0 unspecified atom stereocenters. The van der Waals surface area contributed by atoms with Crippen LogP contribution >= 0.6 is 0 Å². The van der Waals surface area contributed by atoms with E-state index >= 15 is 0 Å². The highest BCUT2D eigenvalue weighted by atomic mass is 16.6.